The first-order valence-electron chi connectivity index (χ1n) is 3.27. The molecule has 0 heterocycles. The Morgan fingerprint density at radius 3 is 2.67 bits per heavy atom. The van der Waals surface area contributed by atoms with Gasteiger partial charge in [0.15, 0.2) is 0 Å². The Bertz CT molecular complexity index is 73.3. The molecule has 0 rings (SSSR count). The Kier molecular flexibility index (Phi) is 5.57. The molecule has 3 N–H and O–H groups in total. The number of allylic oxidation sites excluding steroid dienone is 1. The molecular weight excluding hydrogens is 114 g/mol. The monoisotopic (exact) mass is 129 g/mol. The van der Waals surface area contributed by atoms with E-state index in [9.17, 15) is 0 Å². The fraction of sp³-hybridized carbons (Fsp3) is 0.714. The second-order valence-electron chi connectivity index (χ2n) is 2.14. The van der Waals surface area contributed by atoms with Crippen LogP contribution in [0.5, 0.6) is 0 Å². The quantitative estimate of drug-likeness (QED) is 0.531. The summed E-state index contributed by atoms with van der Waals surface area (Å²) in [7, 11) is 0. The molecule has 9 heavy (non-hydrogen) atoms. The largest absolute Gasteiger partial charge is 0.396 e. The van der Waals surface area contributed by atoms with Crippen LogP contribution >= 0.6 is 0 Å². The topological polar surface area (TPSA) is 46.2 Å². The molecule has 0 bridgehead atoms. The van der Waals surface area contributed by atoms with E-state index in [1.807, 2.05) is 6.08 Å². The van der Waals surface area contributed by atoms with Gasteiger partial charge in [-0.15, -0.1) is 6.58 Å². The summed E-state index contributed by atoms with van der Waals surface area (Å²) in [4.78, 5) is 0. The van der Waals surface area contributed by atoms with Crippen molar-refractivity contribution in [1.29, 1.82) is 0 Å². The molecule has 0 aliphatic rings. The van der Waals surface area contributed by atoms with Gasteiger partial charge in [-0.2, -0.15) is 0 Å². The molecule has 1 atom stereocenters. The smallest absolute Gasteiger partial charge is 0.0434 e. The van der Waals surface area contributed by atoms with Crippen molar-refractivity contribution < 1.29 is 5.11 Å². The van der Waals surface area contributed by atoms with Crippen LogP contribution in [0.2, 0.25) is 0 Å². The highest BCUT2D eigenvalue weighted by atomic mass is 16.3. The molecule has 0 saturated carbocycles. The number of aliphatic hydroxyl groups is 1. The normalized spacial score (nSPS) is 13.1. The first kappa shape index (κ1) is 8.66. The molecule has 0 saturated heterocycles. The molecule has 0 amide bonds. The second kappa shape index (κ2) is 5.79. The van der Waals surface area contributed by atoms with Crippen LogP contribution in [0.1, 0.15) is 12.8 Å². The van der Waals surface area contributed by atoms with Crippen molar-refractivity contribution in [2.45, 2.75) is 12.8 Å². The van der Waals surface area contributed by atoms with E-state index in [2.05, 4.69) is 6.58 Å². The van der Waals surface area contributed by atoms with E-state index in [-0.39, 0.29) is 6.61 Å². The number of rotatable bonds is 5. The van der Waals surface area contributed by atoms with Gasteiger partial charge in [0.2, 0.25) is 0 Å². The van der Waals surface area contributed by atoms with Crippen molar-refractivity contribution >= 4 is 0 Å². The number of aliphatic hydroxyl groups excluding tert-OH is 1. The van der Waals surface area contributed by atoms with Crippen LogP contribution in [-0.2, 0) is 0 Å². The van der Waals surface area contributed by atoms with Gasteiger partial charge in [-0.1, -0.05) is 6.08 Å². The maximum atomic E-state index is 8.50. The summed E-state index contributed by atoms with van der Waals surface area (Å²) >= 11 is 0. The third kappa shape index (κ3) is 4.18. The molecular formula is C7H15NO. The first-order valence-corrected chi connectivity index (χ1v) is 3.27. The third-order valence-corrected chi connectivity index (χ3v) is 1.37. The second-order valence-corrected chi connectivity index (χ2v) is 2.14. The zero-order valence-corrected chi connectivity index (χ0v) is 5.71. The van der Waals surface area contributed by atoms with E-state index in [1.54, 1.807) is 0 Å². The zero-order valence-electron chi connectivity index (χ0n) is 5.71. The highest BCUT2D eigenvalue weighted by Crippen LogP contribution is 2.05. The van der Waals surface area contributed by atoms with Crippen LogP contribution in [0.4, 0.5) is 0 Å². The predicted octanol–water partition coefficient (Wildman–Crippen LogP) is 0.520. The lowest BCUT2D eigenvalue weighted by molar-refractivity contribution is 0.259. The average molecular weight is 129 g/mol. The lowest BCUT2D eigenvalue weighted by atomic mass is 10.0. The Labute approximate surface area is 56.4 Å². The minimum absolute atomic E-state index is 0.232. The van der Waals surface area contributed by atoms with E-state index in [0.717, 1.165) is 12.8 Å². The van der Waals surface area contributed by atoms with Gasteiger partial charge < -0.3 is 10.8 Å². The lowest BCUT2D eigenvalue weighted by Gasteiger charge is -2.08. The summed E-state index contributed by atoms with van der Waals surface area (Å²) in [6.07, 6.45) is 3.55. The van der Waals surface area contributed by atoms with Gasteiger partial charge in [-0.3, -0.25) is 0 Å². The maximum Gasteiger partial charge on any atom is 0.0434 e. The number of hydrogen-bond acceptors (Lipinski definition) is 2. The van der Waals surface area contributed by atoms with E-state index in [1.165, 1.54) is 0 Å². The minimum Gasteiger partial charge on any atom is -0.396 e. The highest BCUT2D eigenvalue weighted by molar-refractivity contribution is 4.73. The molecule has 0 aromatic heterocycles. The van der Waals surface area contributed by atoms with E-state index in [0.29, 0.717) is 12.5 Å². The zero-order chi connectivity index (χ0) is 7.11. The van der Waals surface area contributed by atoms with Crippen LogP contribution in [-0.4, -0.2) is 18.3 Å². The summed E-state index contributed by atoms with van der Waals surface area (Å²) in [5.41, 5.74) is 5.39. The lowest BCUT2D eigenvalue weighted by Crippen LogP contribution is -2.14. The molecule has 0 aliphatic carbocycles. The average Bonchev–Trinajstić information content (AvgIpc) is 1.88. The van der Waals surface area contributed by atoms with Crippen molar-refractivity contribution in [2.75, 3.05) is 13.2 Å². The van der Waals surface area contributed by atoms with Crippen molar-refractivity contribution in [3.05, 3.63) is 12.7 Å². The molecule has 2 heteroatoms. The molecule has 0 aromatic carbocycles. The molecule has 0 aliphatic heterocycles. The predicted molar refractivity (Wildman–Crippen MR) is 39.1 cm³/mol. The van der Waals surface area contributed by atoms with Gasteiger partial charge in [0.25, 0.3) is 0 Å². The van der Waals surface area contributed by atoms with E-state index in [4.69, 9.17) is 10.8 Å². The number of hydrogen-bond donors (Lipinski definition) is 2. The SMILES string of the molecule is C=CCC(CN)CCO. The standard InChI is InChI=1S/C7H15NO/c1-2-3-7(6-8)4-5-9/h2,7,9H,1,3-6,8H2. The van der Waals surface area contributed by atoms with Gasteiger partial charge >= 0.3 is 0 Å². The van der Waals surface area contributed by atoms with Crippen LogP contribution in [0, 0.1) is 5.92 Å². The molecule has 2 nitrogen and oxygen atoms in total. The Balaban J connectivity index is 3.28. The van der Waals surface area contributed by atoms with Crippen molar-refractivity contribution in [3.8, 4) is 0 Å². The molecule has 0 aromatic rings. The summed E-state index contributed by atoms with van der Waals surface area (Å²) in [6.45, 7) is 4.47. The Hall–Kier alpha value is -0.340. The Morgan fingerprint density at radius 2 is 2.33 bits per heavy atom. The molecule has 0 spiro atoms. The van der Waals surface area contributed by atoms with E-state index >= 15 is 0 Å². The van der Waals surface area contributed by atoms with Gasteiger partial charge in [-0.05, 0) is 25.3 Å². The fourth-order valence-corrected chi connectivity index (χ4v) is 0.750. The van der Waals surface area contributed by atoms with Crippen molar-refractivity contribution in [2.24, 2.45) is 11.7 Å². The molecule has 0 radical (unpaired) electrons. The van der Waals surface area contributed by atoms with Crippen LogP contribution in [0.15, 0.2) is 12.7 Å². The summed E-state index contributed by atoms with van der Waals surface area (Å²) in [6, 6.07) is 0. The third-order valence-electron chi connectivity index (χ3n) is 1.37. The highest BCUT2D eigenvalue weighted by Gasteiger charge is 2.01. The maximum absolute atomic E-state index is 8.50. The number of nitrogens with two attached hydrogens (primary N) is 1. The first-order chi connectivity index (χ1) is 4.35. The minimum atomic E-state index is 0.232. The van der Waals surface area contributed by atoms with Gasteiger partial charge in [0.05, 0.1) is 0 Å². The van der Waals surface area contributed by atoms with Gasteiger partial charge in [0, 0.05) is 6.61 Å². The van der Waals surface area contributed by atoms with Gasteiger partial charge in [-0.25, -0.2) is 0 Å². The summed E-state index contributed by atoms with van der Waals surface area (Å²) in [5, 5.41) is 8.50. The van der Waals surface area contributed by atoms with Gasteiger partial charge in [0.1, 0.15) is 0 Å². The van der Waals surface area contributed by atoms with Crippen LogP contribution in [0.25, 0.3) is 0 Å². The molecule has 54 valence electrons. The molecule has 0 fully saturated rings. The summed E-state index contributed by atoms with van der Waals surface area (Å²) < 4.78 is 0. The Morgan fingerprint density at radius 1 is 1.67 bits per heavy atom. The van der Waals surface area contributed by atoms with Crippen molar-refractivity contribution in [3.63, 3.8) is 0 Å². The van der Waals surface area contributed by atoms with Crippen LogP contribution < -0.4 is 5.73 Å². The molecule has 1 unspecified atom stereocenters. The van der Waals surface area contributed by atoms with E-state index < -0.39 is 0 Å². The summed E-state index contributed by atoms with van der Waals surface area (Å²) in [5.74, 6) is 0.424. The van der Waals surface area contributed by atoms with Crippen LogP contribution in [0.3, 0.4) is 0 Å². The fourth-order valence-electron chi connectivity index (χ4n) is 0.750. The van der Waals surface area contributed by atoms with Crippen molar-refractivity contribution in [1.82, 2.24) is 0 Å².